The van der Waals surface area contributed by atoms with Crippen LogP contribution < -0.4 is 15.4 Å². The number of rotatable bonds is 6. The maximum absolute atomic E-state index is 13.4. The SMILES string of the molecule is O=C(COc1ccc(Cl)c(F)c1)NC12CC(NC(=O)c3cnc4ccnn4c3)(C1)C2. The molecule has 2 aromatic heterocycles. The molecule has 2 bridgehead atoms. The van der Waals surface area contributed by atoms with Crippen molar-refractivity contribution in [3.63, 3.8) is 0 Å². The van der Waals surface area contributed by atoms with E-state index in [0.717, 1.165) is 6.07 Å². The van der Waals surface area contributed by atoms with E-state index in [1.165, 1.54) is 18.3 Å². The van der Waals surface area contributed by atoms with Crippen LogP contribution in [-0.4, -0.2) is 44.1 Å². The van der Waals surface area contributed by atoms with Gasteiger partial charge in [0.2, 0.25) is 0 Å². The van der Waals surface area contributed by atoms with Gasteiger partial charge in [0, 0.05) is 35.6 Å². The second-order valence-electron chi connectivity index (χ2n) is 7.93. The monoisotopic (exact) mass is 429 g/mol. The molecule has 30 heavy (non-hydrogen) atoms. The standard InChI is InChI=1S/C20H17ClFN5O3/c21-14-2-1-13(5-15(14)22)30-8-17(28)25-19-9-20(10-19,11-19)26-18(29)12-6-23-16-3-4-24-27(16)7-12/h1-7H,8-11H2,(H,25,28)(H,26,29). The van der Waals surface area contributed by atoms with E-state index in [1.54, 1.807) is 23.0 Å². The van der Waals surface area contributed by atoms with E-state index < -0.39 is 5.82 Å². The first-order valence-electron chi connectivity index (χ1n) is 9.36. The van der Waals surface area contributed by atoms with Crippen molar-refractivity contribution in [2.45, 2.75) is 30.3 Å². The van der Waals surface area contributed by atoms with Gasteiger partial charge < -0.3 is 15.4 Å². The van der Waals surface area contributed by atoms with Gasteiger partial charge in [-0.3, -0.25) is 9.59 Å². The molecule has 0 saturated heterocycles. The number of hydrogen-bond donors (Lipinski definition) is 2. The second kappa shape index (κ2) is 6.66. The first-order valence-corrected chi connectivity index (χ1v) is 9.74. The van der Waals surface area contributed by atoms with Crippen LogP contribution in [0.2, 0.25) is 5.02 Å². The lowest BCUT2D eigenvalue weighted by Gasteiger charge is -2.70. The molecule has 10 heteroatoms. The summed E-state index contributed by atoms with van der Waals surface area (Å²) in [6.45, 7) is -0.224. The van der Waals surface area contributed by atoms with Crippen molar-refractivity contribution in [2.75, 3.05) is 6.61 Å². The van der Waals surface area contributed by atoms with E-state index in [-0.39, 0.29) is 40.3 Å². The summed E-state index contributed by atoms with van der Waals surface area (Å²) in [6.07, 6.45) is 6.74. The summed E-state index contributed by atoms with van der Waals surface area (Å²) in [7, 11) is 0. The normalized spacial score (nSPS) is 23.9. The van der Waals surface area contributed by atoms with Crippen molar-refractivity contribution in [1.29, 1.82) is 0 Å². The minimum atomic E-state index is -0.603. The maximum Gasteiger partial charge on any atom is 0.258 e. The van der Waals surface area contributed by atoms with Gasteiger partial charge in [-0.25, -0.2) is 13.9 Å². The van der Waals surface area contributed by atoms with Crippen molar-refractivity contribution < 1.29 is 18.7 Å². The molecular weight excluding hydrogens is 413 g/mol. The largest absolute Gasteiger partial charge is 0.484 e. The first kappa shape index (κ1) is 18.8. The molecule has 3 aliphatic carbocycles. The molecule has 1 aromatic carbocycles. The molecule has 154 valence electrons. The van der Waals surface area contributed by atoms with E-state index in [1.807, 2.05) is 0 Å². The van der Waals surface area contributed by atoms with Crippen LogP contribution in [-0.2, 0) is 4.79 Å². The molecule has 3 aliphatic rings. The van der Waals surface area contributed by atoms with E-state index >= 15 is 0 Å². The van der Waals surface area contributed by atoms with Crippen LogP contribution in [0.4, 0.5) is 4.39 Å². The fourth-order valence-corrected chi connectivity index (χ4v) is 4.46. The van der Waals surface area contributed by atoms with E-state index in [2.05, 4.69) is 20.7 Å². The molecule has 3 aromatic rings. The molecule has 0 atom stereocenters. The fraction of sp³-hybridized carbons (Fsp3) is 0.300. The molecule has 0 unspecified atom stereocenters. The quantitative estimate of drug-likeness (QED) is 0.625. The number of ether oxygens (including phenoxy) is 1. The molecule has 0 aliphatic heterocycles. The van der Waals surface area contributed by atoms with Crippen LogP contribution in [0.15, 0.2) is 42.9 Å². The topological polar surface area (TPSA) is 97.6 Å². The number of carbonyl (C=O) groups excluding carboxylic acids is 2. The van der Waals surface area contributed by atoms with Gasteiger partial charge in [-0.15, -0.1) is 0 Å². The average Bonchev–Trinajstić information content (AvgIpc) is 3.14. The Morgan fingerprint density at radius 3 is 2.73 bits per heavy atom. The number of carbonyl (C=O) groups is 2. The maximum atomic E-state index is 13.4. The van der Waals surface area contributed by atoms with Crippen molar-refractivity contribution in [1.82, 2.24) is 25.2 Å². The van der Waals surface area contributed by atoms with E-state index in [0.29, 0.717) is 30.5 Å². The molecule has 0 spiro atoms. The Balaban J connectivity index is 1.11. The smallest absolute Gasteiger partial charge is 0.258 e. The summed E-state index contributed by atoms with van der Waals surface area (Å²) in [5.41, 5.74) is 0.479. The molecule has 2 heterocycles. The zero-order valence-electron chi connectivity index (χ0n) is 15.7. The van der Waals surface area contributed by atoms with Crippen LogP contribution in [0.1, 0.15) is 29.6 Å². The molecule has 0 radical (unpaired) electrons. The summed E-state index contributed by atoms with van der Waals surface area (Å²) in [5, 5.41) is 10.1. The van der Waals surface area contributed by atoms with Gasteiger partial charge in [0.1, 0.15) is 11.6 Å². The molecular formula is C20H17ClFN5O3. The van der Waals surface area contributed by atoms with Gasteiger partial charge in [-0.1, -0.05) is 11.6 Å². The minimum Gasteiger partial charge on any atom is -0.484 e. The lowest BCUT2D eigenvalue weighted by molar-refractivity contribution is -0.141. The third-order valence-electron chi connectivity index (χ3n) is 5.58. The number of benzene rings is 1. The summed E-state index contributed by atoms with van der Waals surface area (Å²) < 4.78 is 20.3. The average molecular weight is 430 g/mol. The highest BCUT2D eigenvalue weighted by atomic mass is 35.5. The highest BCUT2D eigenvalue weighted by Crippen LogP contribution is 2.60. The Labute approximate surface area is 175 Å². The predicted molar refractivity (Wildman–Crippen MR) is 105 cm³/mol. The summed E-state index contributed by atoms with van der Waals surface area (Å²) in [4.78, 5) is 28.9. The van der Waals surface area contributed by atoms with Gasteiger partial charge in [0.05, 0.1) is 16.8 Å². The molecule has 3 fully saturated rings. The summed E-state index contributed by atoms with van der Waals surface area (Å²) in [5.74, 6) is -0.879. The Kier molecular flexibility index (Phi) is 4.18. The third kappa shape index (κ3) is 3.24. The van der Waals surface area contributed by atoms with E-state index in [4.69, 9.17) is 16.3 Å². The van der Waals surface area contributed by atoms with Gasteiger partial charge in [0.25, 0.3) is 11.8 Å². The Morgan fingerprint density at radius 1 is 1.20 bits per heavy atom. The lowest BCUT2D eigenvalue weighted by Crippen LogP contribution is -2.84. The summed E-state index contributed by atoms with van der Waals surface area (Å²) in [6, 6.07) is 5.76. The van der Waals surface area contributed by atoms with Gasteiger partial charge >= 0.3 is 0 Å². The number of halogens is 2. The molecule has 3 saturated carbocycles. The number of amides is 2. The second-order valence-corrected chi connectivity index (χ2v) is 8.34. The van der Waals surface area contributed by atoms with Crippen LogP contribution in [0, 0.1) is 5.82 Å². The van der Waals surface area contributed by atoms with Crippen molar-refractivity contribution >= 4 is 29.1 Å². The van der Waals surface area contributed by atoms with Crippen molar-refractivity contribution in [3.8, 4) is 5.75 Å². The van der Waals surface area contributed by atoms with Gasteiger partial charge in [-0.05, 0) is 31.4 Å². The first-order chi connectivity index (χ1) is 14.4. The molecule has 2 N–H and O–H groups in total. The zero-order valence-corrected chi connectivity index (χ0v) is 16.4. The molecule has 2 amide bonds. The molecule has 8 nitrogen and oxygen atoms in total. The van der Waals surface area contributed by atoms with Crippen molar-refractivity contribution in [2.24, 2.45) is 0 Å². The van der Waals surface area contributed by atoms with Crippen LogP contribution in [0.5, 0.6) is 5.75 Å². The van der Waals surface area contributed by atoms with Crippen LogP contribution >= 0.6 is 11.6 Å². The van der Waals surface area contributed by atoms with Crippen molar-refractivity contribution in [3.05, 3.63) is 59.3 Å². The Bertz CT molecular complexity index is 1160. The van der Waals surface area contributed by atoms with Crippen LogP contribution in [0.3, 0.4) is 0 Å². The number of nitrogens with one attached hydrogen (secondary N) is 2. The third-order valence-corrected chi connectivity index (χ3v) is 5.89. The zero-order chi connectivity index (χ0) is 20.9. The minimum absolute atomic E-state index is 0.00617. The summed E-state index contributed by atoms with van der Waals surface area (Å²) >= 11 is 5.62. The Morgan fingerprint density at radius 2 is 1.97 bits per heavy atom. The predicted octanol–water partition coefficient (Wildman–Crippen LogP) is 2.12. The fourth-order valence-electron chi connectivity index (χ4n) is 4.34. The molecule has 6 rings (SSSR count). The number of hydrogen-bond acceptors (Lipinski definition) is 5. The number of aromatic nitrogens is 3. The van der Waals surface area contributed by atoms with Crippen LogP contribution in [0.25, 0.3) is 5.65 Å². The number of fused-ring (bicyclic) bond motifs is 1. The van der Waals surface area contributed by atoms with Gasteiger partial charge in [-0.2, -0.15) is 5.10 Å². The lowest BCUT2D eigenvalue weighted by atomic mass is 9.44. The highest BCUT2D eigenvalue weighted by molar-refractivity contribution is 6.30. The number of nitrogens with zero attached hydrogens (tertiary/aromatic N) is 3. The van der Waals surface area contributed by atoms with Gasteiger partial charge in [0.15, 0.2) is 12.3 Å². The highest BCUT2D eigenvalue weighted by Gasteiger charge is 2.69. The Hall–Kier alpha value is -3.20. The van der Waals surface area contributed by atoms with E-state index in [9.17, 15) is 14.0 Å².